The molecule has 0 saturated heterocycles. The summed E-state index contributed by atoms with van der Waals surface area (Å²) in [6.07, 6.45) is 1.10. The van der Waals surface area contributed by atoms with E-state index in [-0.39, 0.29) is 16.5 Å². The Balaban J connectivity index is 3.15. The van der Waals surface area contributed by atoms with E-state index in [1.807, 2.05) is 0 Å². The minimum Gasteiger partial charge on any atom is -0.397 e. The molecule has 3 N–H and O–H groups in total. The zero-order chi connectivity index (χ0) is 11.6. The van der Waals surface area contributed by atoms with Gasteiger partial charge in [0.25, 0.3) is 0 Å². The molecule has 0 atom stereocenters. The number of nitrogens with two attached hydrogens (primary N) is 1. The Labute approximate surface area is 88.2 Å². The molecule has 0 unspecified atom stereocenters. The number of rotatable bonds is 2. The maximum absolute atomic E-state index is 11.2. The lowest BCUT2D eigenvalue weighted by atomic mass is 10.2. The van der Waals surface area contributed by atoms with Gasteiger partial charge in [-0.2, -0.15) is 0 Å². The molecule has 0 saturated carbocycles. The molecule has 0 aromatic heterocycles. The van der Waals surface area contributed by atoms with Gasteiger partial charge in [0, 0.05) is 13.2 Å². The molecule has 0 heterocycles. The predicted molar refractivity (Wildman–Crippen MR) is 58.3 cm³/mol. The average molecular weight is 228 g/mol. The molecule has 0 aliphatic rings. The normalized spacial score (nSPS) is 11.1. The standard InChI is InChI=1S/C9H12N2O3S/c1-6(12)11-9-4-3-7(5-8(9)10)15(2,13)14/h3-5H,10H2,1-2H3,(H,11,12). The number of amides is 1. The number of hydrogen-bond acceptors (Lipinski definition) is 4. The SMILES string of the molecule is CC(=O)Nc1ccc(S(C)(=O)=O)cc1N. The van der Waals surface area contributed by atoms with Crippen molar-refractivity contribution in [2.45, 2.75) is 11.8 Å². The van der Waals surface area contributed by atoms with Gasteiger partial charge in [-0.1, -0.05) is 0 Å². The molecule has 0 aliphatic carbocycles. The summed E-state index contributed by atoms with van der Waals surface area (Å²) in [6.45, 7) is 1.35. The molecule has 82 valence electrons. The van der Waals surface area contributed by atoms with Gasteiger partial charge in [-0.25, -0.2) is 8.42 Å². The topological polar surface area (TPSA) is 89.3 Å². The van der Waals surface area contributed by atoms with Crippen LogP contribution in [0.3, 0.4) is 0 Å². The summed E-state index contributed by atoms with van der Waals surface area (Å²) in [4.78, 5) is 10.9. The van der Waals surface area contributed by atoms with Gasteiger partial charge in [0.15, 0.2) is 9.84 Å². The van der Waals surface area contributed by atoms with Gasteiger partial charge in [-0.3, -0.25) is 4.79 Å². The fourth-order valence-corrected chi connectivity index (χ4v) is 1.73. The van der Waals surface area contributed by atoms with Crippen LogP contribution in [0.2, 0.25) is 0 Å². The summed E-state index contributed by atoms with van der Waals surface area (Å²) < 4.78 is 22.4. The van der Waals surface area contributed by atoms with E-state index in [2.05, 4.69) is 5.32 Å². The Morgan fingerprint density at radius 2 is 2.00 bits per heavy atom. The summed E-state index contributed by atoms with van der Waals surface area (Å²) in [5.41, 5.74) is 6.23. The van der Waals surface area contributed by atoms with Gasteiger partial charge in [-0.05, 0) is 18.2 Å². The molecule has 0 spiro atoms. The largest absolute Gasteiger partial charge is 0.397 e. The van der Waals surface area contributed by atoms with E-state index in [1.165, 1.54) is 25.1 Å². The van der Waals surface area contributed by atoms with Gasteiger partial charge in [-0.15, -0.1) is 0 Å². The first-order chi connectivity index (χ1) is 6.80. The van der Waals surface area contributed by atoms with Crippen molar-refractivity contribution in [2.75, 3.05) is 17.3 Å². The van der Waals surface area contributed by atoms with E-state index < -0.39 is 9.84 Å². The lowest BCUT2D eigenvalue weighted by molar-refractivity contribution is -0.114. The molecule has 0 fully saturated rings. The molecule has 5 nitrogen and oxygen atoms in total. The molecule has 0 aliphatic heterocycles. The van der Waals surface area contributed by atoms with Crippen molar-refractivity contribution in [3.63, 3.8) is 0 Å². The van der Waals surface area contributed by atoms with Crippen molar-refractivity contribution in [3.8, 4) is 0 Å². The molecule has 1 aromatic rings. The maximum Gasteiger partial charge on any atom is 0.221 e. The van der Waals surface area contributed by atoms with Crippen molar-refractivity contribution < 1.29 is 13.2 Å². The highest BCUT2D eigenvalue weighted by Gasteiger charge is 2.09. The van der Waals surface area contributed by atoms with Crippen LogP contribution in [0.5, 0.6) is 0 Å². The second-order valence-electron chi connectivity index (χ2n) is 3.20. The highest BCUT2D eigenvalue weighted by molar-refractivity contribution is 7.90. The third kappa shape index (κ3) is 2.95. The number of nitrogens with one attached hydrogen (secondary N) is 1. The summed E-state index contributed by atoms with van der Waals surface area (Å²) in [7, 11) is -3.26. The molecule has 6 heteroatoms. The molecular weight excluding hydrogens is 216 g/mol. The Morgan fingerprint density at radius 1 is 1.40 bits per heavy atom. The Kier molecular flexibility index (Phi) is 2.99. The van der Waals surface area contributed by atoms with Gasteiger partial charge in [0.1, 0.15) is 0 Å². The van der Waals surface area contributed by atoms with Crippen LogP contribution in [-0.4, -0.2) is 20.6 Å². The minimum atomic E-state index is -3.26. The molecular formula is C9H12N2O3S. The number of sulfone groups is 1. The molecule has 1 amide bonds. The molecule has 15 heavy (non-hydrogen) atoms. The van der Waals surface area contributed by atoms with Gasteiger partial charge >= 0.3 is 0 Å². The lowest BCUT2D eigenvalue weighted by Crippen LogP contribution is -2.08. The van der Waals surface area contributed by atoms with Gasteiger partial charge < -0.3 is 11.1 Å². The van der Waals surface area contributed by atoms with Gasteiger partial charge in [0.05, 0.1) is 16.3 Å². The van der Waals surface area contributed by atoms with Crippen molar-refractivity contribution in [2.24, 2.45) is 0 Å². The monoisotopic (exact) mass is 228 g/mol. The van der Waals surface area contributed by atoms with Crippen LogP contribution in [0.4, 0.5) is 11.4 Å². The first kappa shape index (κ1) is 11.5. The predicted octanol–water partition coefficient (Wildman–Crippen LogP) is 0.631. The Bertz CT molecular complexity index is 494. The van der Waals surface area contributed by atoms with E-state index in [1.54, 1.807) is 0 Å². The number of carbonyl (C=O) groups is 1. The summed E-state index contributed by atoms with van der Waals surface area (Å²) in [5.74, 6) is -0.256. The number of carbonyl (C=O) groups excluding carboxylic acids is 1. The zero-order valence-corrected chi connectivity index (χ0v) is 9.26. The van der Waals surface area contributed by atoms with E-state index >= 15 is 0 Å². The smallest absolute Gasteiger partial charge is 0.221 e. The van der Waals surface area contributed by atoms with Crippen LogP contribution in [0, 0.1) is 0 Å². The second-order valence-corrected chi connectivity index (χ2v) is 5.22. The number of benzene rings is 1. The highest BCUT2D eigenvalue weighted by Crippen LogP contribution is 2.22. The van der Waals surface area contributed by atoms with E-state index in [0.717, 1.165) is 6.26 Å². The van der Waals surface area contributed by atoms with Crippen LogP contribution in [0.15, 0.2) is 23.1 Å². The molecule has 0 bridgehead atoms. The van der Waals surface area contributed by atoms with E-state index in [4.69, 9.17) is 5.73 Å². The average Bonchev–Trinajstić information content (AvgIpc) is 2.05. The molecule has 0 radical (unpaired) electrons. The minimum absolute atomic E-state index is 0.133. The van der Waals surface area contributed by atoms with Crippen molar-refractivity contribution in [3.05, 3.63) is 18.2 Å². The second kappa shape index (κ2) is 3.90. The number of hydrogen-bond donors (Lipinski definition) is 2. The first-order valence-corrected chi connectivity index (χ1v) is 6.07. The highest BCUT2D eigenvalue weighted by atomic mass is 32.2. The Hall–Kier alpha value is -1.56. The fraction of sp³-hybridized carbons (Fsp3) is 0.222. The maximum atomic E-state index is 11.2. The summed E-state index contributed by atoms with van der Waals surface area (Å²) >= 11 is 0. The lowest BCUT2D eigenvalue weighted by Gasteiger charge is -2.07. The molecule has 1 aromatic carbocycles. The Morgan fingerprint density at radius 3 is 2.40 bits per heavy atom. The molecule has 1 rings (SSSR count). The zero-order valence-electron chi connectivity index (χ0n) is 8.44. The summed E-state index contributed by atoms with van der Waals surface area (Å²) in [5, 5.41) is 2.49. The van der Waals surface area contributed by atoms with Crippen molar-refractivity contribution in [1.29, 1.82) is 0 Å². The number of nitrogen functional groups attached to an aromatic ring is 1. The van der Waals surface area contributed by atoms with Crippen LogP contribution < -0.4 is 11.1 Å². The van der Waals surface area contributed by atoms with Crippen molar-refractivity contribution in [1.82, 2.24) is 0 Å². The summed E-state index contributed by atoms with van der Waals surface area (Å²) in [6, 6.07) is 4.19. The quantitative estimate of drug-likeness (QED) is 0.726. The fourth-order valence-electron chi connectivity index (χ4n) is 1.07. The van der Waals surface area contributed by atoms with E-state index in [9.17, 15) is 13.2 Å². The van der Waals surface area contributed by atoms with Gasteiger partial charge in [0.2, 0.25) is 5.91 Å². The first-order valence-electron chi connectivity index (χ1n) is 4.18. The van der Waals surface area contributed by atoms with Crippen LogP contribution in [0.1, 0.15) is 6.92 Å². The third-order valence-corrected chi connectivity index (χ3v) is 2.87. The van der Waals surface area contributed by atoms with E-state index in [0.29, 0.717) is 5.69 Å². The van der Waals surface area contributed by atoms with Crippen LogP contribution in [0.25, 0.3) is 0 Å². The van der Waals surface area contributed by atoms with Crippen LogP contribution >= 0.6 is 0 Å². The van der Waals surface area contributed by atoms with Crippen LogP contribution in [-0.2, 0) is 14.6 Å². The number of anilines is 2. The van der Waals surface area contributed by atoms with Crippen molar-refractivity contribution >= 4 is 27.1 Å². The third-order valence-electron chi connectivity index (χ3n) is 1.76.